The molecule has 3 aromatic carbocycles. The summed E-state index contributed by atoms with van der Waals surface area (Å²) in [4.78, 5) is 21.2. The number of hydrogen-bond donors (Lipinski definition) is 2. The van der Waals surface area contributed by atoms with Crippen LogP contribution in [0.15, 0.2) is 91.5 Å². The number of amides is 2. The zero-order valence-corrected chi connectivity index (χ0v) is 21.4. The summed E-state index contributed by atoms with van der Waals surface area (Å²) in [5, 5.41) is 9.93. The number of anilines is 2. The fourth-order valence-corrected chi connectivity index (χ4v) is 3.92. The first kappa shape index (κ1) is 26.5. The van der Waals surface area contributed by atoms with Gasteiger partial charge in [0.25, 0.3) is 0 Å². The van der Waals surface area contributed by atoms with Crippen molar-refractivity contribution in [3.8, 4) is 28.5 Å². The topological polar surface area (TPSA) is 98.9 Å². The Balaban J connectivity index is 1.22. The van der Waals surface area contributed by atoms with Gasteiger partial charge < -0.3 is 10.1 Å². The van der Waals surface area contributed by atoms with E-state index in [-0.39, 0.29) is 5.75 Å². The van der Waals surface area contributed by atoms with Crippen LogP contribution < -0.4 is 15.4 Å². The lowest BCUT2D eigenvalue weighted by Gasteiger charge is -2.12. The van der Waals surface area contributed by atoms with Gasteiger partial charge in [0.15, 0.2) is 5.82 Å². The lowest BCUT2D eigenvalue weighted by atomic mass is 10.0. The largest absolute Gasteiger partial charge is 0.573 e. The third-order valence-corrected chi connectivity index (χ3v) is 5.91. The Morgan fingerprint density at radius 2 is 1.68 bits per heavy atom. The van der Waals surface area contributed by atoms with Crippen molar-refractivity contribution < 1.29 is 22.7 Å². The molecular formula is C28H24F3N7O2. The van der Waals surface area contributed by atoms with Gasteiger partial charge in [-0.15, -0.1) is 18.3 Å². The minimum atomic E-state index is -4.76. The molecule has 0 atom stereocenters. The molecule has 9 nitrogen and oxygen atoms in total. The second kappa shape index (κ2) is 10.9. The first-order chi connectivity index (χ1) is 19.1. The van der Waals surface area contributed by atoms with Crippen LogP contribution in [-0.4, -0.2) is 36.7 Å². The van der Waals surface area contributed by atoms with Crippen LogP contribution in [0.3, 0.4) is 0 Å². The van der Waals surface area contributed by atoms with Gasteiger partial charge in [0.05, 0.1) is 5.69 Å². The van der Waals surface area contributed by atoms with Gasteiger partial charge in [0, 0.05) is 29.3 Å². The van der Waals surface area contributed by atoms with Crippen LogP contribution in [0.4, 0.5) is 29.6 Å². The monoisotopic (exact) mass is 547 g/mol. The Morgan fingerprint density at radius 1 is 0.925 bits per heavy atom. The average Bonchev–Trinajstić information content (AvgIpc) is 3.59. The van der Waals surface area contributed by atoms with Crippen molar-refractivity contribution >= 4 is 17.7 Å². The molecule has 204 valence electrons. The summed E-state index contributed by atoms with van der Waals surface area (Å²) in [6.07, 6.45) is 0.0865. The number of aromatic nitrogens is 5. The first-order valence-corrected chi connectivity index (χ1v) is 12.2. The standard InChI is InChI=1S/C28H24F3N7O2/c1-18(2)20-4-3-5-23(16-20)37-15-14-32-26(37)35-27(39)34-21-8-6-19(7-9-21)25-33-17-38(36-25)22-10-12-24(13-11-22)40-28(29,30)31/h3-18H,1-2H3,(H2,32,34,35,39). The van der Waals surface area contributed by atoms with Crippen LogP contribution in [0.5, 0.6) is 5.75 Å². The van der Waals surface area contributed by atoms with Crippen LogP contribution in [0.2, 0.25) is 0 Å². The molecule has 2 heterocycles. The summed E-state index contributed by atoms with van der Waals surface area (Å²) in [7, 11) is 0. The number of alkyl halides is 3. The van der Waals surface area contributed by atoms with E-state index >= 15 is 0 Å². The second-order valence-corrected chi connectivity index (χ2v) is 9.08. The van der Waals surface area contributed by atoms with Crippen molar-refractivity contribution in [2.75, 3.05) is 10.6 Å². The fraction of sp³-hybridized carbons (Fsp3) is 0.143. The maximum Gasteiger partial charge on any atom is 0.573 e. The number of ether oxygens (including phenoxy) is 1. The van der Waals surface area contributed by atoms with Crippen LogP contribution >= 0.6 is 0 Å². The van der Waals surface area contributed by atoms with E-state index in [9.17, 15) is 18.0 Å². The zero-order valence-electron chi connectivity index (χ0n) is 21.4. The molecule has 5 aromatic rings. The third kappa shape index (κ3) is 6.29. The Bertz CT molecular complexity index is 1610. The number of benzene rings is 3. The van der Waals surface area contributed by atoms with Crippen molar-refractivity contribution in [3.05, 3.63) is 97.1 Å². The lowest BCUT2D eigenvalue weighted by molar-refractivity contribution is -0.274. The predicted octanol–water partition coefficient (Wildman–Crippen LogP) is 6.79. The number of halogens is 3. The van der Waals surface area contributed by atoms with Gasteiger partial charge in [-0.25, -0.2) is 19.4 Å². The molecule has 2 amide bonds. The third-order valence-electron chi connectivity index (χ3n) is 5.91. The summed E-state index contributed by atoms with van der Waals surface area (Å²) in [6, 6.07) is 19.8. The Hall–Kier alpha value is -5.13. The highest BCUT2D eigenvalue weighted by molar-refractivity contribution is 5.99. The van der Waals surface area contributed by atoms with Gasteiger partial charge in [-0.05, 0) is 72.1 Å². The number of urea groups is 1. The molecule has 0 aliphatic heterocycles. The number of imidazole rings is 1. The molecule has 0 bridgehead atoms. The summed E-state index contributed by atoms with van der Waals surface area (Å²) in [5.74, 6) is 0.816. The number of carbonyl (C=O) groups excluding carboxylic acids is 1. The van der Waals surface area contributed by atoms with Gasteiger partial charge in [0.2, 0.25) is 5.95 Å². The maximum absolute atomic E-state index is 12.7. The highest BCUT2D eigenvalue weighted by Crippen LogP contribution is 2.25. The maximum atomic E-state index is 12.7. The minimum absolute atomic E-state index is 0.326. The molecule has 40 heavy (non-hydrogen) atoms. The molecule has 5 rings (SSSR count). The zero-order chi connectivity index (χ0) is 28.3. The van der Waals surface area contributed by atoms with Crippen LogP contribution in [0.1, 0.15) is 25.3 Å². The summed E-state index contributed by atoms with van der Waals surface area (Å²) in [5.41, 5.74) is 3.80. The molecule has 0 radical (unpaired) electrons. The highest BCUT2D eigenvalue weighted by Gasteiger charge is 2.31. The van der Waals surface area contributed by atoms with E-state index in [1.807, 2.05) is 12.1 Å². The van der Waals surface area contributed by atoms with E-state index in [1.165, 1.54) is 40.8 Å². The van der Waals surface area contributed by atoms with E-state index in [2.05, 4.69) is 56.4 Å². The van der Waals surface area contributed by atoms with Gasteiger partial charge in [-0.3, -0.25) is 9.88 Å². The van der Waals surface area contributed by atoms with Crippen LogP contribution in [0, 0.1) is 0 Å². The summed E-state index contributed by atoms with van der Waals surface area (Å²) in [6.45, 7) is 4.23. The Morgan fingerprint density at radius 3 is 2.38 bits per heavy atom. The van der Waals surface area contributed by atoms with E-state index < -0.39 is 12.4 Å². The quantitative estimate of drug-likeness (QED) is 0.234. The molecule has 0 saturated carbocycles. The van der Waals surface area contributed by atoms with Crippen molar-refractivity contribution in [1.82, 2.24) is 24.3 Å². The fourth-order valence-electron chi connectivity index (χ4n) is 3.92. The molecule has 0 saturated heterocycles. The number of nitrogens with zero attached hydrogens (tertiary/aromatic N) is 5. The molecule has 0 aliphatic carbocycles. The van der Waals surface area contributed by atoms with Crippen LogP contribution in [0.25, 0.3) is 22.8 Å². The summed E-state index contributed by atoms with van der Waals surface area (Å²) >= 11 is 0. The first-order valence-electron chi connectivity index (χ1n) is 12.2. The number of carbonyl (C=O) groups is 1. The predicted molar refractivity (Wildman–Crippen MR) is 144 cm³/mol. The van der Waals surface area contributed by atoms with E-state index in [0.717, 1.165) is 5.69 Å². The Kier molecular flexibility index (Phi) is 7.23. The van der Waals surface area contributed by atoms with Crippen molar-refractivity contribution in [3.63, 3.8) is 0 Å². The molecule has 2 N–H and O–H groups in total. The molecule has 0 fully saturated rings. The SMILES string of the molecule is CC(C)c1cccc(-n2ccnc2NC(=O)Nc2ccc(-c3ncn(-c4ccc(OC(F)(F)F)cc4)n3)cc2)c1. The van der Waals surface area contributed by atoms with Crippen molar-refractivity contribution in [2.24, 2.45) is 0 Å². The van der Waals surface area contributed by atoms with Gasteiger partial charge in [-0.2, -0.15) is 0 Å². The van der Waals surface area contributed by atoms with Crippen molar-refractivity contribution in [2.45, 2.75) is 26.1 Å². The highest BCUT2D eigenvalue weighted by atomic mass is 19.4. The average molecular weight is 548 g/mol. The molecular weight excluding hydrogens is 523 g/mol. The minimum Gasteiger partial charge on any atom is -0.406 e. The Labute approximate surface area is 227 Å². The van der Waals surface area contributed by atoms with Gasteiger partial charge in [-0.1, -0.05) is 26.0 Å². The number of hydrogen-bond acceptors (Lipinski definition) is 5. The van der Waals surface area contributed by atoms with Gasteiger partial charge in [0.1, 0.15) is 12.1 Å². The van der Waals surface area contributed by atoms with Gasteiger partial charge >= 0.3 is 12.4 Å². The second-order valence-electron chi connectivity index (χ2n) is 9.08. The van der Waals surface area contributed by atoms with Crippen molar-refractivity contribution in [1.29, 1.82) is 0 Å². The van der Waals surface area contributed by atoms with E-state index in [1.54, 1.807) is 41.2 Å². The van der Waals surface area contributed by atoms with Crippen LogP contribution in [-0.2, 0) is 0 Å². The lowest BCUT2D eigenvalue weighted by Crippen LogP contribution is -2.21. The molecule has 0 unspecified atom stereocenters. The molecule has 0 aliphatic rings. The molecule has 12 heteroatoms. The molecule has 0 spiro atoms. The number of nitrogens with one attached hydrogen (secondary N) is 2. The summed E-state index contributed by atoms with van der Waals surface area (Å²) < 4.78 is 44.2. The number of rotatable bonds is 7. The smallest absolute Gasteiger partial charge is 0.406 e. The molecule has 2 aromatic heterocycles. The van der Waals surface area contributed by atoms with E-state index in [4.69, 9.17) is 0 Å². The van der Waals surface area contributed by atoms with E-state index in [0.29, 0.717) is 34.6 Å². The normalized spacial score (nSPS) is 11.4.